The Morgan fingerprint density at radius 1 is 1.33 bits per heavy atom. The monoisotopic (exact) mass is 306 g/mol. The Morgan fingerprint density at radius 3 is 2.76 bits per heavy atom. The van der Waals surface area contributed by atoms with E-state index in [1.54, 1.807) is 11.3 Å². The number of nitrogens with one attached hydrogen (secondary N) is 1. The van der Waals surface area contributed by atoms with E-state index in [-0.39, 0.29) is 0 Å². The van der Waals surface area contributed by atoms with Gasteiger partial charge in [0.2, 0.25) is 5.95 Å². The molecule has 21 heavy (non-hydrogen) atoms. The number of hydrogen-bond donors (Lipinski definition) is 2. The maximum Gasteiger partial charge on any atom is 0.240 e. The Balaban J connectivity index is 1.83. The highest BCUT2D eigenvalue weighted by Gasteiger charge is 2.23. The smallest absolute Gasteiger partial charge is 0.240 e. The fourth-order valence-electron chi connectivity index (χ4n) is 2.78. The zero-order chi connectivity index (χ0) is 14.8. The van der Waals surface area contributed by atoms with Crippen molar-refractivity contribution in [3.63, 3.8) is 0 Å². The lowest BCUT2D eigenvalue weighted by molar-refractivity contribution is 0.192. The quantitative estimate of drug-likeness (QED) is 0.664. The molecule has 0 spiro atoms. The number of hydrazine groups is 1. The molecule has 1 saturated heterocycles. The summed E-state index contributed by atoms with van der Waals surface area (Å²) in [6.07, 6.45) is 1.20. The first-order chi connectivity index (χ1) is 10.2. The number of aromatic nitrogens is 2. The summed E-state index contributed by atoms with van der Waals surface area (Å²) in [6.45, 7) is 8.70. The number of fused-ring (bicyclic) bond motifs is 1. The minimum Gasteiger partial charge on any atom is -0.353 e. The number of nitrogens with two attached hydrogens (primary N) is 1. The van der Waals surface area contributed by atoms with Crippen LogP contribution in [-0.4, -0.2) is 47.1 Å². The third kappa shape index (κ3) is 2.81. The van der Waals surface area contributed by atoms with Crippen LogP contribution in [0.4, 0.5) is 11.8 Å². The predicted octanol–water partition coefficient (Wildman–Crippen LogP) is 1.90. The van der Waals surface area contributed by atoms with E-state index in [2.05, 4.69) is 50.5 Å². The summed E-state index contributed by atoms with van der Waals surface area (Å²) in [5.74, 6) is 6.98. The molecule has 0 amide bonds. The highest BCUT2D eigenvalue weighted by molar-refractivity contribution is 7.16. The standard InChI is InChI=1S/C14H22N6S/c1-3-10(2)19-5-7-20(8-6-19)12-11-4-9-21-13(11)17-14(16-12)18-15/h4,9-10H,3,5-8,15H2,1-2H3,(H,16,17,18). The predicted molar refractivity (Wildman–Crippen MR) is 88.8 cm³/mol. The van der Waals surface area contributed by atoms with Crippen LogP contribution in [0.1, 0.15) is 20.3 Å². The summed E-state index contributed by atoms with van der Waals surface area (Å²) in [6, 6.07) is 2.75. The van der Waals surface area contributed by atoms with Crippen molar-refractivity contribution in [3.05, 3.63) is 11.4 Å². The van der Waals surface area contributed by atoms with Crippen LogP contribution in [0.25, 0.3) is 10.2 Å². The molecule has 1 aliphatic rings. The van der Waals surface area contributed by atoms with Crippen LogP contribution in [0, 0.1) is 0 Å². The highest BCUT2D eigenvalue weighted by Crippen LogP contribution is 2.29. The molecule has 2 aromatic heterocycles. The molecule has 114 valence electrons. The lowest BCUT2D eigenvalue weighted by Gasteiger charge is -2.38. The third-order valence-electron chi connectivity index (χ3n) is 4.26. The zero-order valence-electron chi connectivity index (χ0n) is 12.5. The van der Waals surface area contributed by atoms with Crippen molar-refractivity contribution >= 4 is 33.3 Å². The van der Waals surface area contributed by atoms with Crippen LogP contribution in [0.15, 0.2) is 11.4 Å². The molecule has 2 aromatic rings. The van der Waals surface area contributed by atoms with Crippen molar-refractivity contribution in [2.75, 3.05) is 36.5 Å². The average Bonchev–Trinajstić information content (AvgIpc) is 3.01. The van der Waals surface area contributed by atoms with E-state index in [9.17, 15) is 0 Å². The van der Waals surface area contributed by atoms with Gasteiger partial charge in [-0.2, -0.15) is 4.98 Å². The summed E-state index contributed by atoms with van der Waals surface area (Å²) in [7, 11) is 0. The summed E-state index contributed by atoms with van der Waals surface area (Å²) in [5.41, 5.74) is 2.57. The second-order valence-electron chi connectivity index (χ2n) is 5.43. The molecule has 1 unspecified atom stereocenters. The minimum absolute atomic E-state index is 0.490. The number of anilines is 2. The first-order valence-corrected chi connectivity index (χ1v) is 8.31. The molecule has 3 heterocycles. The fourth-order valence-corrected chi connectivity index (χ4v) is 3.54. The minimum atomic E-state index is 0.490. The molecular weight excluding hydrogens is 284 g/mol. The molecule has 3 rings (SSSR count). The molecule has 1 fully saturated rings. The van der Waals surface area contributed by atoms with Gasteiger partial charge < -0.3 is 4.90 Å². The summed E-state index contributed by atoms with van der Waals surface area (Å²) in [5, 5.41) is 3.18. The van der Waals surface area contributed by atoms with Crippen LogP contribution >= 0.6 is 11.3 Å². The third-order valence-corrected chi connectivity index (χ3v) is 5.07. The normalized spacial score (nSPS) is 18.1. The molecule has 7 heteroatoms. The van der Waals surface area contributed by atoms with Gasteiger partial charge in [0.05, 0.1) is 5.39 Å². The number of hydrogen-bond acceptors (Lipinski definition) is 7. The molecule has 3 N–H and O–H groups in total. The number of nitrogen functional groups attached to an aromatic ring is 1. The van der Waals surface area contributed by atoms with Crippen molar-refractivity contribution in [2.24, 2.45) is 5.84 Å². The summed E-state index contributed by atoms with van der Waals surface area (Å²) >= 11 is 1.62. The van der Waals surface area contributed by atoms with Gasteiger partial charge in [-0.1, -0.05) is 6.92 Å². The lowest BCUT2D eigenvalue weighted by Crippen LogP contribution is -2.49. The van der Waals surface area contributed by atoms with Gasteiger partial charge in [0.15, 0.2) is 0 Å². The van der Waals surface area contributed by atoms with Gasteiger partial charge in [0.25, 0.3) is 0 Å². The van der Waals surface area contributed by atoms with Crippen LogP contribution in [-0.2, 0) is 0 Å². The van der Waals surface area contributed by atoms with Crippen molar-refractivity contribution in [2.45, 2.75) is 26.3 Å². The first kappa shape index (κ1) is 14.5. The fraction of sp³-hybridized carbons (Fsp3) is 0.571. The molecule has 6 nitrogen and oxygen atoms in total. The van der Waals surface area contributed by atoms with E-state index < -0.39 is 0 Å². The van der Waals surface area contributed by atoms with Gasteiger partial charge in [-0.05, 0) is 24.8 Å². The maximum absolute atomic E-state index is 5.49. The van der Waals surface area contributed by atoms with Gasteiger partial charge in [0, 0.05) is 32.2 Å². The summed E-state index contributed by atoms with van der Waals surface area (Å²) < 4.78 is 0. The van der Waals surface area contributed by atoms with E-state index in [0.29, 0.717) is 12.0 Å². The Morgan fingerprint density at radius 2 is 2.10 bits per heavy atom. The Hall–Kier alpha value is -1.44. The Labute approximate surface area is 128 Å². The summed E-state index contributed by atoms with van der Waals surface area (Å²) in [4.78, 5) is 14.8. The molecule has 0 bridgehead atoms. The zero-order valence-corrected chi connectivity index (χ0v) is 13.4. The average molecular weight is 306 g/mol. The molecule has 0 aliphatic carbocycles. The first-order valence-electron chi connectivity index (χ1n) is 7.43. The number of thiophene rings is 1. The maximum atomic E-state index is 5.49. The van der Waals surface area contributed by atoms with Gasteiger partial charge >= 0.3 is 0 Å². The SMILES string of the molecule is CCC(C)N1CCN(c2nc(NN)nc3sccc23)CC1. The van der Waals surface area contributed by atoms with Crippen molar-refractivity contribution in [1.82, 2.24) is 14.9 Å². The van der Waals surface area contributed by atoms with Crippen molar-refractivity contribution < 1.29 is 0 Å². The van der Waals surface area contributed by atoms with E-state index in [1.165, 1.54) is 6.42 Å². The Kier molecular flexibility index (Phi) is 4.23. The molecule has 0 radical (unpaired) electrons. The van der Waals surface area contributed by atoms with E-state index in [1.807, 2.05) is 0 Å². The second kappa shape index (κ2) is 6.13. The van der Waals surface area contributed by atoms with E-state index in [4.69, 9.17) is 5.84 Å². The molecular formula is C14H22N6S. The molecule has 1 aliphatic heterocycles. The highest BCUT2D eigenvalue weighted by atomic mass is 32.1. The van der Waals surface area contributed by atoms with Gasteiger partial charge in [-0.15, -0.1) is 11.3 Å². The Bertz CT molecular complexity index is 605. The van der Waals surface area contributed by atoms with Crippen LogP contribution < -0.4 is 16.2 Å². The van der Waals surface area contributed by atoms with Crippen LogP contribution in [0.5, 0.6) is 0 Å². The van der Waals surface area contributed by atoms with E-state index >= 15 is 0 Å². The lowest BCUT2D eigenvalue weighted by atomic mass is 10.2. The topological polar surface area (TPSA) is 70.3 Å². The van der Waals surface area contributed by atoms with Crippen molar-refractivity contribution in [1.29, 1.82) is 0 Å². The molecule has 0 saturated carbocycles. The van der Waals surface area contributed by atoms with Crippen molar-refractivity contribution in [3.8, 4) is 0 Å². The van der Waals surface area contributed by atoms with Gasteiger partial charge in [-0.25, -0.2) is 10.8 Å². The largest absolute Gasteiger partial charge is 0.353 e. The van der Waals surface area contributed by atoms with Gasteiger partial charge in [0.1, 0.15) is 10.6 Å². The number of nitrogens with zero attached hydrogens (tertiary/aromatic N) is 4. The molecule has 1 atom stereocenters. The van der Waals surface area contributed by atoms with Crippen LogP contribution in [0.2, 0.25) is 0 Å². The van der Waals surface area contributed by atoms with E-state index in [0.717, 1.165) is 42.2 Å². The molecule has 0 aromatic carbocycles. The van der Waals surface area contributed by atoms with Gasteiger partial charge in [-0.3, -0.25) is 10.3 Å². The number of rotatable bonds is 4. The second-order valence-corrected chi connectivity index (χ2v) is 6.33. The number of piperazine rings is 1. The van der Waals surface area contributed by atoms with Crippen LogP contribution in [0.3, 0.4) is 0 Å².